The van der Waals surface area contributed by atoms with Crippen LogP contribution in [0.1, 0.15) is 5.69 Å². The Morgan fingerprint density at radius 1 is 1.50 bits per heavy atom. The third-order valence-electron chi connectivity index (χ3n) is 2.57. The number of H-pyrrole nitrogens is 1. The highest BCUT2D eigenvalue weighted by Gasteiger charge is 2.19. The molecule has 108 valence electrons. The van der Waals surface area contributed by atoms with E-state index >= 15 is 0 Å². The number of hydrogen-bond acceptors (Lipinski definition) is 5. The SMILES string of the molecule is COc1c(N)cc(S(=O)(=O)NCc2ccn[nH]2)cc1F. The Kier molecular flexibility index (Phi) is 3.91. The van der Waals surface area contributed by atoms with Gasteiger partial charge in [-0.15, -0.1) is 0 Å². The van der Waals surface area contributed by atoms with E-state index in [1.165, 1.54) is 13.3 Å². The zero-order chi connectivity index (χ0) is 14.8. The van der Waals surface area contributed by atoms with Crippen LogP contribution in [0.25, 0.3) is 0 Å². The molecule has 0 atom stereocenters. The monoisotopic (exact) mass is 300 g/mol. The molecule has 0 saturated heterocycles. The smallest absolute Gasteiger partial charge is 0.241 e. The zero-order valence-corrected chi connectivity index (χ0v) is 11.4. The fourth-order valence-corrected chi connectivity index (χ4v) is 2.65. The summed E-state index contributed by atoms with van der Waals surface area (Å²) in [5.41, 5.74) is 6.04. The van der Waals surface area contributed by atoms with Crippen LogP contribution < -0.4 is 15.2 Å². The maximum atomic E-state index is 13.6. The van der Waals surface area contributed by atoms with Gasteiger partial charge in [0.25, 0.3) is 0 Å². The zero-order valence-electron chi connectivity index (χ0n) is 10.6. The summed E-state index contributed by atoms with van der Waals surface area (Å²) in [6, 6.07) is 3.60. The van der Waals surface area contributed by atoms with Crippen molar-refractivity contribution < 1.29 is 17.5 Å². The Balaban J connectivity index is 2.25. The number of benzene rings is 1. The number of halogens is 1. The quantitative estimate of drug-likeness (QED) is 0.701. The van der Waals surface area contributed by atoms with Gasteiger partial charge < -0.3 is 10.5 Å². The molecule has 1 aromatic heterocycles. The highest BCUT2D eigenvalue weighted by atomic mass is 32.2. The average Bonchev–Trinajstić information content (AvgIpc) is 2.89. The van der Waals surface area contributed by atoms with E-state index in [1.807, 2.05) is 0 Å². The number of rotatable bonds is 5. The lowest BCUT2D eigenvalue weighted by Gasteiger charge is -2.10. The molecule has 20 heavy (non-hydrogen) atoms. The van der Waals surface area contributed by atoms with E-state index in [2.05, 4.69) is 14.9 Å². The van der Waals surface area contributed by atoms with Crippen molar-refractivity contribution in [2.24, 2.45) is 0 Å². The highest BCUT2D eigenvalue weighted by molar-refractivity contribution is 7.89. The average molecular weight is 300 g/mol. The van der Waals surface area contributed by atoms with Gasteiger partial charge in [0.2, 0.25) is 10.0 Å². The van der Waals surface area contributed by atoms with Gasteiger partial charge in [-0.3, -0.25) is 5.10 Å². The first-order chi connectivity index (χ1) is 9.44. The number of ether oxygens (including phenoxy) is 1. The molecule has 0 bridgehead atoms. The summed E-state index contributed by atoms with van der Waals surface area (Å²) in [4.78, 5) is -0.271. The van der Waals surface area contributed by atoms with Crippen molar-refractivity contribution >= 4 is 15.7 Å². The number of nitrogens with zero attached hydrogens (tertiary/aromatic N) is 1. The Bertz CT molecular complexity index is 677. The fourth-order valence-electron chi connectivity index (χ4n) is 1.60. The maximum Gasteiger partial charge on any atom is 0.241 e. The van der Waals surface area contributed by atoms with Crippen LogP contribution in [0.5, 0.6) is 5.75 Å². The van der Waals surface area contributed by atoms with Crippen LogP contribution >= 0.6 is 0 Å². The van der Waals surface area contributed by atoms with E-state index in [9.17, 15) is 12.8 Å². The van der Waals surface area contributed by atoms with Gasteiger partial charge in [-0.1, -0.05) is 0 Å². The molecule has 4 N–H and O–H groups in total. The molecule has 0 aliphatic heterocycles. The Morgan fingerprint density at radius 3 is 2.80 bits per heavy atom. The van der Waals surface area contributed by atoms with E-state index in [0.717, 1.165) is 12.1 Å². The van der Waals surface area contributed by atoms with Crippen LogP contribution in [0.2, 0.25) is 0 Å². The second kappa shape index (κ2) is 5.47. The number of nitrogen functional groups attached to an aromatic ring is 1. The Morgan fingerprint density at radius 2 is 2.25 bits per heavy atom. The third kappa shape index (κ3) is 2.89. The second-order valence-corrected chi connectivity index (χ2v) is 5.70. The third-order valence-corrected chi connectivity index (χ3v) is 3.95. The summed E-state index contributed by atoms with van der Waals surface area (Å²) in [7, 11) is -2.63. The van der Waals surface area contributed by atoms with Crippen molar-refractivity contribution in [2.45, 2.75) is 11.4 Å². The standard InChI is InChI=1S/C11H13FN4O3S/c1-19-11-9(12)4-8(5-10(11)13)20(17,18)15-6-7-2-3-14-16-7/h2-5,15H,6,13H2,1H3,(H,14,16). The van der Waals surface area contributed by atoms with Gasteiger partial charge in [-0.25, -0.2) is 17.5 Å². The predicted molar refractivity (Wildman–Crippen MR) is 70.0 cm³/mol. The first-order valence-electron chi connectivity index (χ1n) is 5.55. The largest absolute Gasteiger partial charge is 0.492 e. The van der Waals surface area contributed by atoms with Crippen LogP contribution in [0.4, 0.5) is 10.1 Å². The number of hydrogen-bond donors (Lipinski definition) is 3. The minimum Gasteiger partial charge on any atom is -0.492 e. The maximum absolute atomic E-state index is 13.6. The van der Waals surface area contributed by atoms with E-state index in [4.69, 9.17) is 10.5 Å². The number of sulfonamides is 1. The molecule has 2 rings (SSSR count). The van der Waals surface area contributed by atoms with Crippen molar-refractivity contribution in [3.63, 3.8) is 0 Å². The number of aromatic amines is 1. The Labute approximate surface area is 115 Å². The van der Waals surface area contributed by atoms with Crippen LogP contribution in [-0.2, 0) is 16.6 Å². The van der Waals surface area contributed by atoms with Gasteiger partial charge in [0, 0.05) is 6.20 Å². The number of nitrogens with two attached hydrogens (primary N) is 1. The molecule has 0 saturated carbocycles. The normalized spacial score (nSPS) is 11.5. The van der Waals surface area contributed by atoms with Crippen molar-refractivity contribution in [3.8, 4) is 5.75 Å². The highest BCUT2D eigenvalue weighted by Crippen LogP contribution is 2.28. The van der Waals surface area contributed by atoms with Crippen LogP contribution in [0, 0.1) is 5.82 Å². The summed E-state index contributed by atoms with van der Waals surface area (Å²) in [5, 5.41) is 6.30. The predicted octanol–water partition coefficient (Wildman–Crippen LogP) is 0.618. The molecule has 0 amide bonds. The minimum atomic E-state index is -3.88. The molecule has 0 aliphatic rings. The molecular weight excluding hydrogens is 287 g/mol. The van der Waals surface area contributed by atoms with Crippen molar-refractivity contribution in [1.82, 2.24) is 14.9 Å². The lowest BCUT2D eigenvalue weighted by molar-refractivity contribution is 0.388. The lowest BCUT2D eigenvalue weighted by atomic mass is 10.3. The molecule has 2 aromatic rings. The van der Waals surface area contributed by atoms with Gasteiger partial charge in [0.15, 0.2) is 11.6 Å². The molecular formula is C11H13FN4O3S. The van der Waals surface area contributed by atoms with Crippen LogP contribution in [0.15, 0.2) is 29.3 Å². The molecule has 0 spiro atoms. The van der Waals surface area contributed by atoms with Gasteiger partial charge in [0.05, 0.1) is 29.9 Å². The van der Waals surface area contributed by atoms with Crippen molar-refractivity contribution in [3.05, 3.63) is 35.9 Å². The summed E-state index contributed by atoms with van der Waals surface area (Å²) in [6.45, 7) is 0.00981. The number of methoxy groups -OCH3 is 1. The first kappa shape index (κ1) is 14.3. The van der Waals surface area contributed by atoms with Gasteiger partial charge in [0.1, 0.15) is 0 Å². The number of nitrogens with one attached hydrogen (secondary N) is 2. The van der Waals surface area contributed by atoms with E-state index in [0.29, 0.717) is 5.69 Å². The second-order valence-electron chi connectivity index (χ2n) is 3.93. The summed E-state index contributed by atoms with van der Waals surface area (Å²) in [6.07, 6.45) is 1.49. The van der Waals surface area contributed by atoms with Gasteiger partial charge >= 0.3 is 0 Å². The molecule has 0 fully saturated rings. The summed E-state index contributed by atoms with van der Waals surface area (Å²) in [5.74, 6) is -1.02. The fraction of sp³-hybridized carbons (Fsp3) is 0.182. The summed E-state index contributed by atoms with van der Waals surface area (Å²) < 4.78 is 44.7. The van der Waals surface area contributed by atoms with E-state index in [1.54, 1.807) is 6.07 Å². The molecule has 0 radical (unpaired) electrons. The van der Waals surface area contributed by atoms with Gasteiger partial charge in [-0.2, -0.15) is 5.10 Å². The number of aromatic nitrogens is 2. The van der Waals surface area contributed by atoms with E-state index in [-0.39, 0.29) is 22.9 Å². The molecule has 1 heterocycles. The molecule has 9 heteroatoms. The van der Waals surface area contributed by atoms with Crippen LogP contribution in [-0.4, -0.2) is 25.7 Å². The molecule has 0 aliphatic carbocycles. The van der Waals surface area contributed by atoms with E-state index < -0.39 is 15.8 Å². The minimum absolute atomic E-state index is 0.00981. The molecule has 0 unspecified atom stereocenters. The lowest BCUT2D eigenvalue weighted by Crippen LogP contribution is -2.23. The molecule has 7 nitrogen and oxygen atoms in total. The summed E-state index contributed by atoms with van der Waals surface area (Å²) >= 11 is 0. The van der Waals surface area contributed by atoms with Gasteiger partial charge in [-0.05, 0) is 18.2 Å². The first-order valence-corrected chi connectivity index (χ1v) is 7.03. The topological polar surface area (TPSA) is 110 Å². The Hall–Kier alpha value is -2.13. The van der Waals surface area contributed by atoms with Crippen molar-refractivity contribution in [1.29, 1.82) is 0 Å². The van der Waals surface area contributed by atoms with Crippen molar-refractivity contribution in [2.75, 3.05) is 12.8 Å². The van der Waals surface area contributed by atoms with Crippen LogP contribution in [0.3, 0.4) is 0 Å². The molecule has 1 aromatic carbocycles. The number of anilines is 1.